The van der Waals surface area contributed by atoms with Crippen molar-refractivity contribution in [3.05, 3.63) is 12.1 Å². The van der Waals surface area contributed by atoms with E-state index in [0.717, 1.165) is 0 Å². The molecule has 0 aliphatic heterocycles. The second kappa shape index (κ2) is 6.57. The number of hydrogen-bond donors (Lipinski definition) is 0. The molecule has 0 fully saturated rings. The molecule has 19 heteroatoms. The molecule has 0 bridgehead atoms. The minimum atomic E-state index is -7.89. The molecule has 0 aliphatic rings. The molecule has 0 aliphatic carbocycles. The Hall–Kier alpha value is -1.53. The van der Waals surface area contributed by atoms with Crippen molar-refractivity contribution < 1.29 is 78.9 Å². The molecule has 26 heavy (non-hydrogen) atoms. The van der Waals surface area contributed by atoms with Crippen molar-refractivity contribution >= 4 is 10.2 Å². The fraction of sp³-hybridized carbons (Fsp3) is 0.714. The highest BCUT2D eigenvalue weighted by molar-refractivity contribution is 7.87. The molecule has 0 radical (unpaired) electrons. The third-order valence-electron chi connectivity index (χ3n) is 2.02. The topological polar surface area (TPSA) is 52.6 Å². The van der Waals surface area contributed by atoms with Gasteiger partial charge in [0, 0.05) is 0 Å². The van der Waals surface area contributed by atoms with Gasteiger partial charge in [-0.1, -0.05) is 3.89 Å². The average Bonchev–Trinajstić information content (AvgIpc) is 2.34. The average molecular weight is 446 g/mol. The van der Waals surface area contributed by atoms with Gasteiger partial charge in [-0.3, -0.25) is 4.74 Å². The summed E-state index contributed by atoms with van der Waals surface area (Å²) in [5, 5.41) is -7.38. The summed E-state index contributed by atoms with van der Waals surface area (Å²) in [5.74, 6) is -7.57. The number of alkyl halides is 10. The predicted octanol–water partition coefficient (Wildman–Crippen LogP) is 4.36. The van der Waals surface area contributed by atoms with Gasteiger partial charge in [0.25, 0.3) is 0 Å². The zero-order chi connectivity index (χ0) is 21.6. The van der Waals surface area contributed by atoms with Gasteiger partial charge in [0.15, 0.2) is 0 Å². The van der Waals surface area contributed by atoms with Crippen molar-refractivity contribution in [3.63, 3.8) is 0 Å². The summed E-state index contributed by atoms with van der Waals surface area (Å²) in [6.07, 6.45) is -26.3. The van der Waals surface area contributed by atoms with Crippen molar-refractivity contribution in [1.29, 1.82) is 0 Å². The molecule has 0 N–H and O–H groups in total. The monoisotopic (exact) mass is 446 g/mol. The fourth-order valence-electron chi connectivity index (χ4n) is 0.877. The first-order valence-corrected chi connectivity index (χ1v) is 6.35. The van der Waals surface area contributed by atoms with E-state index in [2.05, 4.69) is 0 Å². The Morgan fingerprint density at radius 2 is 1.12 bits per heavy atom. The Labute approximate surface area is 132 Å². The lowest BCUT2D eigenvalue weighted by atomic mass is 10.2. The molecule has 0 rings (SSSR count). The molecule has 1 unspecified atom stereocenters. The van der Waals surface area contributed by atoms with Crippen LogP contribution in [0.1, 0.15) is 0 Å². The summed E-state index contributed by atoms with van der Waals surface area (Å²) in [6.45, 7) is 0. The Morgan fingerprint density at radius 3 is 1.38 bits per heavy atom. The highest BCUT2D eigenvalue weighted by atomic mass is 32.3. The summed E-state index contributed by atoms with van der Waals surface area (Å²) in [5.41, 5.74) is 0. The van der Waals surface area contributed by atoms with Crippen LogP contribution in [0, 0.1) is 0 Å². The standard InChI is InChI=1S/C7F14O4S/c8-1(9)2(10)24-5(15,16)3(11,4(12,13)14)25-6(17,18)7(19,20)26(21,22)23. The molecule has 156 valence electrons. The first-order valence-electron chi connectivity index (χ1n) is 4.97. The maximum atomic E-state index is 13.3. The molecule has 4 nitrogen and oxygen atoms in total. The molecule has 0 spiro atoms. The molecule has 0 amide bonds. The van der Waals surface area contributed by atoms with Crippen molar-refractivity contribution in [3.8, 4) is 0 Å². The quantitative estimate of drug-likeness (QED) is 0.332. The van der Waals surface area contributed by atoms with Gasteiger partial charge in [-0.25, -0.2) is 0 Å². The summed E-state index contributed by atoms with van der Waals surface area (Å²) in [6, 6.07) is -3.97. The van der Waals surface area contributed by atoms with E-state index in [0.29, 0.717) is 0 Å². The van der Waals surface area contributed by atoms with Gasteiger partial charge in [0.2, 0.25) is 0 Å². The van der Waals surface area contributed by atoms with Crippen LogP contribution in [0.5, 0.6) is 0 Å². The van der Waals surface area contributed by atoms with Gasteiger partial charge in [0.05, 0.1) is 0 Å². The Morgan fingerprint density at radius 1 is 0.731 bits per heavy atom. The summed E-state index contributed by atoms with van der Waals surface area (Å²) in [4.78, 5) is 0. The lowest BCUT2D eigenvalue weighted by Gasteiger charge is -2.36. The first-order chi connectivity index (χ1) is 11.0. The number of ether oxygens (including phenoxy) is 2. The Bertz CT molecular complexity index is 661. The zero-order valence-electron chi connectivity index (χ0n) is 10.8. The second-order valence-electron chi connectivity index (χ2n) is 3.82. The maximum absolute atomic E-state index is 13.3. The normalized spacial score (nSPS) is 16.8. The SMILES string of the molecule is O=S(=O)(F)C(F)(F)C(F)(F)OC(F)(C(F)(F)F)C(F)(F)OC(F)=C(F)F. The van der Waals surface area contributed by atoms with Crippen LogP contribution in [0.25, 0.3) is 0 Å². The summed E-state index contributed by atoms with van der Waals surface area (Å²) in [7, 11) is -7.89. The lowest BCUT2D eigenvalue weighted by molar-refractivity contribution is -0.510. The van der Waals surface area contributed by atoms with Gasteiger partial charge in [0.1, 0.15) is 0 Å². The highest BCUT2D eigenvalue weighted by Gasteiger charge is 2.82. The van der Waals surface area contributed by atoms with Gasteiger partial charge in [-0.15, -0.1) is 0 Å². The number of halogens is 14. The van der Waals surface area contributed by atoms with Crippen LogP contribution < -0.4 is 0 Å². The number of hydrogen-bond acceptors (Lipinski definition) is 4. The second-order valence-corrected chi connectivity index (χ2v) is 5.21. The Kier molecular flexibility index (Phi) is 6.18. The van der Waals surface area contributed by atoms with E-state index in [4.69, 9.17) is 0 Å². The molecule has 0 aromatic heterocycles. The van der Waals surface area contributed by atoms with E-state index in [1.807, 2.05) is 4.74 Å². The smallest absolute Gasteiger partial charge is 0.398 e. The van der Waals surface area contributed by atoms with Crippen LogP contribution in [-0.2, 0) is 19.7 Å². The van der Waals surface area contributed by atoms with Crippen molar-refractivity contribution in [1.82, 2.24) is 0 Å². The predicted molar refractivity (Wildman–Crippen MR) is 47.3 cm³/mol. The van der Waals surface area contributed by atoms with Crippen molar-refractivity contribution in [2.75, 3.05) is 0 Å². The summed E-state index contributed by atoms with van der Waals surface area (Å²) < 4.78 is 197. The van der Waals surface area contributed by atoms with Gasteiger partial charge < -0.3 is 4.74 Å². The third kappa shape index (κ3) is 4.23. The zero-order valence-corrected chi connectivity index (χ0v) is 11.6. The van der Waals surface area contributed by atoms with Gasteiger partial charge in [-0.2, -0.15) is 65.5 Å². The van der Waals surface area contributed by atoms with Gasteiger partial charge >= 0.3 is 51.8 Å². The largest absolute Gasteiger partial charge is 0.471 e. The van der Waals surface area contributed by atoms with E-state index < -0.39 is 51.8 Å². The highest BCUT2D eigenvalue weighted by Crippen LogP contribution is 2.53. The lowest BCUT2D eigenvalue weighted by Crippen LogP contribution is -2.64. The number of rotatable bonds is 7. The molecule has 0 aromatic rings. The minimum Gasteiger partial charge on any atom is -0.398 e. The van der Waals surface area contributed by atoms with E-state index in [9.17, 15) is 69.4 Å². The Balaban J connectivity index is 6.35. The molecule has 0 saturated carbocycles. The minimum absolute atomic E-state index is 1.42. The molecular weight excluding hydrogens is 446 g/mol. The van der Waals surface area contributed by atoms with Crippen LogP contribution in [0.4, 0.5) is 61.0 Å². The van der Waals surface area contributed by atoms with E-state index in [1.54, 1.807) is 0 Å². The molecule has 0 aromatic carbocycles. The van der Waals surface area contributed by atoms with Crippen molar-refractivity contribution in [2.24, 2.45) is 0 Å². The fourth-order valence-corrected chi connectivity index (χ4v) is 1.20. The van der Waals surface area contributed by atoms with E-state index in [-0.39, 0.29) is 0 Å². The van der Waals surface area contributed by atoms with Crippen LogP contribution in [0.2, 0.25) is 0 Å². The molecule has 1 atom stereocenters. The van der Waals surface area contributed by atoms with Crippen LogP contribution in [0.15, 0.2) is 12.1 Å². The molecule has 0 heterocycles. The van der Waals surface area contributed by atoms with E-state index in [1.165, 1.54) is 4.74 Å². The maximum Gasteiger partial charge on any atom is 0.471 e. The van der Waals surface area contributed by atoms with Crippen LogP contribution in [-0.4, -0.2) is 37.9 Å². The van der Waals surface area contributed by atoms with E-state index >= 15 is 0 Å². The molecular formula is C7F14O4S. The van der Waals surface area contributed by atoms with Crippen molar-refractivity contribution in [2.45, 2.75) is 29.5 Å². The third-order valence-corrected chi connectivity index (χ3v) is 2.87. The van der Waals surface area contributed by atoms with Gasteiger partial charge in [-0.05, 0) is 0 Å². The van der Waals surface area contributed by atoms with Crippen LogP contribution in [0.3, 0.4) is 0 Å². The molecule has 0 saturated heterocycles. The summed E-state index contributed by atoms with van der Waals surface area (Å²) >= 11 is 0. The van der Waals surface area contributed by atoms with Crippen LogP contribution >= 0.6 is 0 Å². The first kappa shape index (κ1) is 24.5.